The first-order valence-electron chi connectivity index (χ1n) is 7.19. The minimum atomic E-state index is -0.0359. The predicted octanol–water partition coefficient (Wildman–Crippen LogP) is 2.55. The van der Waals surface area contributed by atoms with Crippen LogP contribution in [0.25, 0.3) is 6.08 Å². The second kappa shape index (κ2) is 6.23. The van der Waals surface area contributed by atoms with Crippen LogP contribution in [-0.2, 0) is 4.79 Å². The average molecular weight is 273 g/mol. The van der Waals surface area contributed by atoms with Gasteiger partial charge < -0.3 is 10.0 Å². The summed E-state index contributed by atoms with van der Waals surface area (Å²) in [7, 11) is 0. The zero-order valence-electron chi connectivity index (χ0n) is 12.5. The highest BCUT2D eigenvalue weighted by Gasteiger charge is 2.32. The number of aliphatic hydroxyl groups is 1. The van der Waals surface area contributed by atoms with Crippen LogP contribution < -0.4 is 0 Å². The molecule has 3 heteroatoms. The van der Waals surface area contributed by atoms with Crippen LogP contribution in [0, 0.1) is 19.8 Å². The molecule has 3 nitrogen and oxygen atoms in total. The summed E-state index contributed by atoms with van der Waals surface area (Å²) >= 11 is 0. The van der Waals surface area contributed by atoms with E-state index in [0.29, 0.717) is 5.92 Å². The van der Waals surface area contributed by atoms with Gasteiger partial charge in [0.25, 0.3) is 0 Å². The Balaban J connectivity index is 2.09. The van der Waals surface area contributed by atoms with Gasteiger partial charge in [-0.25, -0.2) is 0 Å². The smallest absolute Gasteiger partial charge is 0.246 e. The molecule has 0 saturated carbocycles. The molecule has 2 rings (SSSR count). The average Bonchev–Trinajstić information content (AvgIpc) is 2.78. The molecule has 1 aromatic carbocycles. The maximum atomic E-state index is 12.2. The number of carbonyl (C=O) groups is 1. The van der Waals surface area contributed by atoms with Gasteiger partial charge in [0.2, 0.25) is 5.91 Å². The third-order valence-electron chi connectivity index (χ3n) is 4.18. The van der Waals surface area contributed by atoms with Crippen LogP contribution in [-0.4, -0.2) is 35.1 Å². The Kier molecular flexibility index (Phi) is 4.61. The first-order chi connectivity index (χ1) is 9.52. The van der Waals surface area contributed by atoms with Crippen molar-refractivity contribution in [2.45, 2.75) is 33.2 Å². The molecule has 0 bridgehead atoms. The number of rotatable bonds is 3. The number of amides is 1. The fourth-order valence-corrected chi connectivity index (χ4v) is 2.83. The van der Waals surface area contributed by atoms with E-state index >= 15 is 0 Å². The number of likely N-dealkylation sites (tertiary alicyclic amines) is 1. The zero-order valence-corrected chi connectivity index (χ0v) is 12.5. The molecule has 1 aliphatic heterocycles. The molecule has 1 aliphatic rings. The minimum Gasteiger partial charge on any atom is -0.394 e. The lowest BCUT2D eigenvalue weighted by Crippen LogP contribution is -2.38. The van der Waals surface area contributed by atoms with Crippen molar-refractivity contribution in [3.63, 3.8) is 0 Å². The van der Waals surface area contributed by atoms with E-state index in [9.17, 15) is 9.90 Å². The summed E-state index contributed by atoms with van der Waals surface area (Å²) in [6, 6.07) is 6.15. The van der Waals surface area contributed by atoms with Gasteiger partial charge in [0.05, 0.1) is 12.6 Å². The quantitative estimate of drug-likeness (QED) is 0.860. The van der Waals surface area contributed by atoms with Crippen molar-refractivity contribution in [2.24, 2.45) is 5.92 Å². The molecule has 1 heterocycles. The van der Waals surface area contributed by atoms with Crippen LogP contribution in [0.5, 0.6) is 0 Å². The van der Waals surface area contributed by atoms with Crippen LogP contribution in [0.3, 0.4) is 0 Å². The third-order valence-corrected chi connectivity index (χ3v) is 4.18. The number of aryl methyl sites for hydroxylation is 2. The summed E-state index contributed by atoms with van der Waals surface area (Å²) in [5, 5.41) is 9.40. The maximum Gasteiger partial charge on any atom is 0.246 e. The summed E-state index contributed by atoms with van der Waals surface area (Å²) in [6.45, 7) is 6.98. The van der Waals surface area contributed by atoms with Gasteiger partial charge in [-0.15, -0.1) is 0 Å². The van der Waals surface area contributed by atoms with Gasteiger partial charge in [0.1, 0.15) is 0 Å². The molecule has 0 aromatic heterocycles. The summed E-state index contributed by atoms with van der Waals surface area (Å²) in [5.41, 5.74) is 3.46. The van der Waals surface area contributed by atoms with Gasteiger partial charge in [0, 0.05) is 12.6 Å². The van der Waals surface area contributed by atoms with E-state index in [1.807, 2.05) is 25.1 Å². The first kappa shape index (κ1) is 14.8. The van der Waals surface area contributed by atoms with E-state index in [1.54, 1.807) is 11.0 Å². The molecule has 1 aromatic rings. The van der Waals surface area contributed by atoms with Gasteiger partial charge in [-0.1, -0.05) is 30.7 Å². The molecule has 108 valence electrons. The Morgan fingerprint density at radius 1 is 1.45 bits per heavy atom. The molecule has 0 radical (unpaired) electrons. The molecule has 20 heavy (non-hydrogen) atoms. The lowest BCUT2D eigenvalue weighted by atomic mass is 10.0. The second-order valence-corrected chi connectivity index (χ2v) is 5.74. The highest BCUT2D eigenvalue weighted by molar-refractivity contribution is 5.92. The van der Waals surface area contributed by atoms with Gasteiger partial charge in [-0.2, -0.15) is 0 Å². The minimum absolute atomic E-state index is 0.00613. The number of carbonyl (C=O) groups excluding carboxylic acids is 1. The van der Waals surface area contributed by atoms with E-state index in [4.69, 9.17) is 0 Å². The van der Waals surface area contributed by atoms with E-state index in [2.05, 4.69) is 19.9 Å². The van der Waals surface area contributed by atoms with Crippen molar-refractivity contribution < 1.29 is 9.90 Å². The van der Waals surface area contributed by atoms with Crippen LogP contribution >= 0.6 is 0 Å². The summed E-state index contributed by atoms with van der Waals surface area (Å²) < 4.78 is 0. The lowest BCUT2D eigenvalue weighted by Gasteiger charge is -2.23. The Morgan fingerprint density at radius 2 is 2.20 bits per heavy atom. The summed E-state index contributed by atoms with van der Waals surface area (Å²) in [5.74, 6) is 0.367. The van der Waals surface area contributed by atoms with Crippen molar-refractivity contribution in [1.29, 1.82) is 0 Å². The molecule has 0 spiro atoms. The standard InChI is InChI=1S/C17H23NO2/c1-12-4-5-15(14(3)10-12)6-7-17(20)18-9-8-13(2)16(18)11-19/h4-7,10,13,16,19H,8-9,11H2,1-3H3/b7-6+. The SMILES string of the molecule is Cc1ccc(/C=C/C(=O)N2CCC(C)C2CO)c(C)c1. The third kappa shape index (κ3) is 3.10. The largest absolute Gasteiger partial charge is 0.394 e. The molecule has 1 fully saturated rings. The van der Waals surface area contributed by atoms with Crippen LogP contribution in [0.1, 0.15) is 30.0 Å². The van der Waals surface area contributed by atoms with Gasteiger partial charge in [-0.3, -0.25) is 4.79 Å². The zero-order chi connectivity index (χ0) is 14.7. The lowest BCUT2D eigenvalue weighted by molar-refractivity contribution is -0.127. The first-order valence-corrected chi connectivity index (χ1v) is 7.19. The van der Waals surface area contributed by atoms with Gasteiger partial charge in [-0.05, 0) is 43.4 Å². The number of benzene rings is 1. The van der Waals surface area contributed by atoms with Crippen molar-refractivity contribution in [1.82, 2.24) is 4.90 Å². The molecule has 0 aliphatic carbocycles. The molecule has 2 atom stereocenters. The monoisotopic (exact) mass is 273 g/mol. The van der Waals surface area contributed by atoms with Crippen molar-refractivity contribution in [3.05, 3.63) is 41.0 Å². The summed E-state index contributed by atoms with van der Waals surface area (Å²) in [4.78, 5) is 14.0. The van der Waals surface area contributed by atoms with Crippen molar-refractivity contribution >= 4 is 12.0 Å². The van der Waals surface area contributed by atoms with Crippen molar-refractivity contribution in [3.8, 4) is 0 Å². The fraction of sp³-hybridized carbons (Fsp3) is 0.471. The molecule has 2 unspecified atom stereocenters. The van der Waals surface area contributed by atoms with E-state index in [0.717, 1.165) is 18.5 Å². The Bertz CT molecular complexity index is 522. The van der Waals surface area contributed by atoms with Crippen LogP contribution in [0.2, 0.25) is 0 Å². The molecule has 1 saturated heterocycles. The highest BCUT2D eigenvalue weighted by atomic mass is 16.3. The number of nitrogens with zero attached hydrogens (tertiary/aromatic N) is 1. The Morgan fingerprint density at radius 3 is 2.85 bits per heavy atom. The molecule has 1 N–H and O–H groups in total. The van der Waals surface area contributed by atoms with Gasteiger partial charge in [0.15, 0.2) is 0 Å². The Labute approximate surface area is 120 Å². The normalized spacial score (nSPS) is 22.7. The van der Waals surface area contributed by atoms with E-state index in [-0.39, 0.29) is 18.6 Å². The summed E-state index contributed by atoms with van der Waals surface area (Å²) in [6.07, 6.45) is 4.46. The van der Waals surface area contributed by atoms with Crippen LogP contribution in [0.4, 0.5) is 0 Å². The highest BCUT2D eigenvalue weighted by Crippen LogP contribution is 2.24. The molecular weight excluding hydrogens is 250 g/mol. The van der Waals surface area contributed by atoms with E-state index < -0.39 is 0 Å². The number of hydrogen-bond donors (Lipinski definition) is 1. The second-order valence-electron chi connectivity index (χ2n) is 5.74. The molecule has 1 amide bonds. The predicted molar refractivity (Wildman–Crippen MR) is 81.3 cm³/mol. The maximum absolute atomic E-state index is 12.2. The van der Waals surface area contributed by atoms with Crippen molar-refractivity contribution in [2.75, 3.05) is 13.2 Å². The number of aliphatic hydroxyl groups excluding tert-OH is 1. The van der Waals surface area contributed by atoms with E-state index in [1.165, 1.54) is 11.1 Å². The topological polar surface area (TPSA) is 40.5 Å². The van der Waals surface area contributed by atoms with Crippen LogP contribution in [0.15, 0.2) is 24.3 Å². The fourth-order valence-electron chi connectivity index (χ4n) is 2.83. The van der Waals surface area contributed by atoms with Gasteiger partial charge >= 0.3 is 0 Å². The number of hydrogen-bond acceptors (Lipinski definition) is 2. The Hall–Kier alpha value is -1.61. The molecular formula is C17H23NO2.